The van der Waals surface area contributed by atoms with E-state index < -0.39 is 12.6 Å². The van der Waals surface area contributed by atoms with Gasteiger partial charge in [0.25, 0.3) is 0 Å². The summed E-state index contributed by atoms with van der Waals surface area (Å²) in [6.07, 6.45) is 3.82. The molecule has 0 bridgehead atoms. The van der Waals surface area contributed by atoms with Crippen LogP contribution < -0.4 is 5.32 Å². The Morgan fingerprint density at radius 1 is 1.18 bits per heavy atom. The van der Waals surface area contributed by atoms with Gasteiger partial charge in [0.15, 0.2) is 0 Å². The molecule has 0 saturated heterocycles. The molecule has 1 rings (SSSR count). The van der Waals surface area contributed by atoms with Gasteiger partial charge in [0.2, 0.25) is 0 Å². The van der Waals surface area contributed by atoms with E-state index >= 15 is 0 Å². The first-order valence-electron chi connectivity index (χ1n) is 6.30. The number of rotatable bonds is 6. The second kappa shape index (κ2) is 6.88. The van der Waals surface area contributed by atoms with E-state index in [0.29, 0.717) is 6.54 Å². The molecule has 0 radical (unpaired) electrons. The van der Waals surface area contributed by atoms with Crippen LogP contribution in [-0.2, 0) is 0 Å². The zero-order valence-corrected chi connectivity index (χ0v) is 11.2. The van der Waals surface area contributed by atoms with Crippen LogP contribution in [-0.4, -0.2) is 30.3 Å². The fourth-order valence-corrected chi connectivity index (χ4v) is 3.32. The van der Waals surface area contributed by atoms with Gasteiger partial charge >= 0.3 is 6.18 Å². The molecule has 1 nitrogen and oxygen atoms in total. The molecule has 0 heterocycles. The van der Waals surface area contributed by atoms with Crippen molar-refractivity contribution in [3.63, 3.8) is 0 Å². The van der Waals surface area contributed by atoms with Crippen LogP contribution in [0.15, 0.2) is 0 Å². The number of nitrogens with one attached hydrogen (secondary N) is 1. The topological polar surface area (TPSA) is 12.0 Å². The Balaban J connectivity index is 2.15. The van der Waals surface area contributed by atoms with Crippen molar-refractivity contribution < 1.29 is 13.2 Å². The summed E-state index contributed by atoms with van der Waals surface area (Å²) >= 11 is 1.87. The lowest BCUT2D eigenvalue weighted by atomic mass is 9.88. The largest absolute Gasteiger partial charge is 0.389 e. The van der Waals surface area contributed by atoms with Crippen molar-refractivity contribution in [1.29, 1.82) is 0 Å². The maximum Gasteiger partial charge on any atom is 0.389 e. The molecular weight excluding hydrogens is 247 g/mol. The molecule has 0 spiro atoms. The van der Waals surface area contributed by atoms with Crippen molar-refractivity contribution in [2.75, 3.05) is 19.3 Å². The van der Waals surface area contributed by atoms with E-state index in [1.165, 1.54) is 32.1 Å². The van der Waals surface area contributed by atoms with Gasteiger partial charge in [0.1, 0.15) is 0 Å². The minimum atomic E-state index is -4.01. The molecule has 0 unspecified atom stereocenters. The molecule has 1 fully saturated rings. The molecule has 0 atom stereocenters. The maximum atomic E-state index is 11.9. The summed E-state index contributed by atoms with van der Waals surface area (Å²) in [6, 6.07) is 0. The third-order valence-electron chi connectivity index (χ3n) is 3.46. The molecule has 0 aromatic carbocycles. The molecule has 1 aliphatic carbocycles. The number of halogens is 3. The van der Waals surface area contributed by atoms with E-state index in [9.17, 15) is 13.2 Å². The maximum absolute atomic E-state index is 11.9. The number of alkyl halides is 3. The van der Waals surface area contributed by atoms with Crippen LogP contribution in [0.4, 0.5) is 13.2 Å². The van der Waals surface area contributed by atoms with E-state index in [4.69, 9.17) is 0 Å². The highest BCUT2D eigenvalue weighted by Gasteiger charge is 2.31. The quantitative estimate of drug-likeness (QED) is 0.732. The Hall–Kier alpha value is 0.100. The minimum Gasteiger partial charge on any atom is -0.315 e. The summed E-state index contributed by atoms with van der Waals surface area (Å²) in [6.45, 7) is 1.33. The van der Waals surface area contributed by atoms with E-state index in [2.05, 4.69) is 11.6 Å². The third-order valence-corrected chi connectivity index (χ3v) is 4.88. The summed E-state index contributed by atoms with van der Waals surface area (Å²) in [5.74, 6) is 0. The van der Waals surface area contributed by atoms with E-state index in [1.807, 2.05) is 11.8 Å². The zero-order valence-electron chi connectivity index (χ0n) is 10.4. The van der Waals surface area contributed by atoms with Gasteiger partial charge in [-0.05, 0) is 32.1 Å². The van der Waals surface area contributed by atoms with Gasteiger partial charge < -0.3 is 5.32 Å². The standard InChI is InChI=1S/C12H22F3NS/c1-17-11(6-3-2-4-7-11)10-16-9-5-8-12(13,14)15/h16H,2-10H2,1H3. The smallest absolute Gasteiger partial charge is 0.315 e. The second-order valence-electron chi connectivity index (χ2n) is 4.84. The molecule has 17 heavy (non-hydrogen) atoms. The molecule has 1 N–H and O–H groups in total. The Kier molecular flexibility index (Phi) is 6.13. The van der Waals surface area contributed by atoms with Crippen LogP contribution in [0, 0.1) is 0 Å². The van der Waals surface area contributed by atoms with Crippen molar-refractivity contribution in [3.05, 3.63) is 0 Å². The van der Waals surface area contributed by atoms with Crippen LogP contribution >= 0.6 is 11.8 Å². The van der Waals surface area contributed by atoms with Crippen LogP contribution in [0.2, 0.25) is 0 Å². The molecule has 0 aromatic rings. The van der Waals surface area contributed by atoms with Gasteiger partial charge in [-0.25, -0.2) is 0 Å². The molecule has 1 aliphatic rings. The number of hydrogen-bond acceptors (Lipinski definition) is 2. The van der Waals surface area contributed by atoms with Crippen LogP contribution in [0.25, 0.3) is 0 Å². The molecule has 0 aromatic heterocycles. The summed E-state index contributed by atoms with van der Waals surface area (Å²) in [4.78, 5) is 0. The van der Waals surface area contributed by atoms with Crippen molar-refractivity contribution in [2.45, 2.75) is 55.9 Å². The average Bonchev–Trinajstić information content (AvgIpc) is 2.28. The highest BCUT2D eigenvalue weighted by molar-refractivity contribution is 8.00. The van der Waals surface area contributed by atoms with Crippen molar-refractivity contribution in [2.24, 2.45) is 0 Å². The molecule has 102 valence electrons. The summed E-state index contributed by atoms with van der Waals surface area (Å²) in [5.41, 5.74) is 0. The van der Waals surface area contributed by atoms with Crippen LogP contribution in [0.5, 0.6) is 0 Å². The van der Waals surface area contributed by atoms with Crippen molar-refractivity contribution in [3.8, 4) is 0 Å². The van der Waals surface area contributed by atoms with E-state index in [1.54, 1.807) is 0 Å². The summed E-state index contributed by atoms with van der Waals surface area (Å²) < 4.78 is 36.1. The summed E-state index contributed by atoms with van der Waals surface area (Å²) in [7, 11) is 0. The SMILES string of the molecule is CSC1(CNCCCC(F)(F)F)CCCCC1. The first-order valence-corrected chi connectivity index (χ1v) is 7.53. The first-order chi connectivity index (χ1) is 7.97. The second-order valence-corrected chi connectivity index (χ2v) is 6.12. The van der Waals surface area contributed by atoms with Gasteiger partial charge in [0.05, 0.1) is 0 Å². The van der Waals surface area contributed by atoms with Gasteiger partial charge in [-0.2, -0.15) is 24.9 Å². The Labute approximate surface area is 106 Å². The lowest BCUT2D eigenvalue weighted by molar-refractivity contribution is -0.135. The van der Waals surface area contributed by atoms with Crippen molar-refractivity contribution >= 4 is 11.8 Å². The fourth-order valence-electron chi connectivity index (χ4n) is 2.38. The van der Waals surface area contributed by atoms with E-state index in [-0.39, 0.29) is 11.2 Å². The number of thioether (sulfide) groups is 1. The third kappa shape index (κ3) is 6.00. The highest BCUT2D eigenvalue weighted by Crippen LogP contribution is 2.37. The highest BCUT2D eigenvalue weighted by atomic mass is 32.2. The molecule has 0 amide bonds. The monoisotopic (exact) mass is 269 g/mol. The Morgan fingerprint density at radius 2 is 1.82 bits per heavy atom. The minimum absolute atomic E-state index is 0.188. The zero-order chi connectivity index (χ0) is 12.8. The van der Waals surface area contributed by atoms with Crippen molar-refractivity contribution in [1.82, 2.24) is 5.32 Å². The Morgan fingerprint density at radius 3 is 2.35 bits per heavy atom. The predicted octanol–water partition coefficient (Wildman–Crippen LogP) is 3.98. The molecule has 1 saturated carbocycles. The van der Waals surface area contributed by atoms with Crippen LogP contribution in [0.1, 0.15) is 44.9 Å². The Bertz CT molecular complexity index is 212. The average molecular weight is 269 g/mol. The lowest BCUT2D eigenvalue weighted by Crippen LogP contribution is -2.39. The normalized spacial score (nSPS) is 20.5. The molecule has 5 heteroatoms. The van der Waals surface area contributed by atoms with Gasteiger partial charge in [-0.1, -0.05) is 19.3 Å². The fraction of sp³-hybridized carbons (Fsp3) is 1.00. The first kappa shape index (κ1) is 15.2. The van der Waals surface area contributed by atoms with E-state index in [0.717, 1.165) is 6.54 Å². The lowest BCUT2D eigenvalue weighted by Gasteiger charge is -2.36. The number of hydrogen-bond donors (Lipinski definition) is 1. The molecule has 0 aliphatic heterocycles. The van der Waals surface area contributed by atoms with Gasteiger partial charge in [0, 0.05) is 17.7 Å². The van der Waals surface area contributed by atoms with Gasteiger partial charge in [-0.15, -0.1) is 0 Å². The predicted molar refractivity (Wildman–Crippen MR) is 67.5 cm³/mol. The summed E-state index contributed by atoms with van der Waals surface area (Å²) in [5, 5.41) is 3.20. The molecular formula is C12H22F3NS. The van der Waals surface area contributed by atoms with Gasteiger partial charge in [-0.3, -0.25) is 0 Å². The van der Waals surface area contributed by atoms with Crippen LogP contribution in [0.3, 0.4) is 0 Å².